The van der Waals surface area contributed by atoms with E-state index in [2.05, 4.69) is 18.6 Å². The van der Waals surface area contributed by atoms with E-state index in [-0.39, 0.29) is 17.6 Å². The van der Waals surface area contributed by atoms with Gasteiger partial charge >= 0.3 is 6.03 Å². The Hall–Kier alpha value is -2.50. The van der Waals surface area contributed by atoms with Crippen LogP contribution in [0.5, 0.6) is 5.75 Å². The van der Waals surface area contributed by atoms with Crippen LogP contribution in [0.25, 0.3) is 0 Å². The fraction of sp³-hybridized carbons (Fsp3) is 0.444. The summed E-state index contributed by atoms with van der Waals surface area (Å²) in [5.41, 5.74) is 1.02. The fourth-order valence-corrected chi connectivity index (χ4v) is 3.25. The van der Waals surface area contributed by atoms with Crippen LogP contribution in [0.1, 0.15) is 31.4 Å². The van der Waals surface area contributed by atoms with Crippen molar-refractivity contribution in [2.75, 3.05) is 20.7 Å². The summed E-state index contributed by atoms with van der Waals surface area (Å²) in [5, 5.41) is 5.80. The molecular formula is C18H24N4O2. The van der Waals surface area contributed by atoms with E-state index in [1.54, 1.807) is 36.6 Å². The molecule has 1 aromatic carbocycles. The predicted octanol–water partition coefficient (Wildman–Crippen LogP) is 3.05. The van der Waals surface area contributed by atoms with E-state index < -0.39 is 0 Å². The largest absolute Gasteiger partial charge is 0.497 e. The van der Waals surface area contributed by atoms with E-state index in [9.17, 15) is 4.79 Å². The number of nitrogens with zero attached hydrogens (tertiary/aromatic N) is 4. The second-order valence-electron chi connectivity index (χ2n) is 6.44. The molecule has 0 bridgehead atoms. The molecule has 3 rings (SSSR count). The molecule has 1 saturated carbocycles. The van der Waals surface area contributed by atoms with Crippen molar-refractivity contribution < 1.29 is 9.53 Å². The summed E-state index contributed by atoms with van der Waals surface area (Å²) in [5.74, 6) is 0.807. The maximum absolute atomic E-state index is 12.9. The van der Waals surface area contributed by atoms with Crippen molar-refractivity contribution in [3.63, 3.8) is 0 Å². The first-order chi connectivity index (χ1) is 11.5. The second kappa shape index (κ2) is 6.19. The Balaban J connectivity index is 1.83. The highest BCUT2D eigenvalue weighted by Gasteiger charge is 2.59. The number of methoxy groups -OCH3 is 1. The third kappa shape index (κ3) is 2.84. The number of hydrogen-bond donors (Lipinski definition) is 0. The minimum atomic E-state index is -0.0572. The summed E-state index contributed by atoms with van der Waals surface area (Å²) in [6, 6.07) is 7.91. The Labute approximate surface area is 143 Å². The second-order valence-corrected chi connectivity index (χ2v) is 6.44. The number of hydrogen-bond acceptors (Lipinski definition) is 4. The molecule has 1 aliphatic heterocycles. The molecule has 2 fully saturated rings. The van der Waals surface area contributed by atoms with Gasteiger partial charge < -0.3 is 9.64 Å². The number of ether oxygens (including phenoxy) is 1. The van der Waals surface area contributed by atoms with Crippen LogP contribution in [0.3, 0.4) is 0 Å². The van der Waals surface area contributed by atoms with E-state index in [0.717, 1.165) is 24.2 Å². The number of carbonyl (C=O) groups excluding carboxylic acids is 1. The van der Waals surface area contributed by atoms with Gasteiger partial charge in [-0.3, -0.25) is 9.91 Å². The monoisotopic (exact) mass is 328 g/mol. The minimum Gasteiger partial charge on any atom is -0.497 e. The summed E-state index contributed by atoms with van der Waals surface area (Å²) in [6.45, 7) is 6.41. The van der Waals surface area contributed by atoms with Crippen molar-refractivity contribution in [2.45, 2.75) is 31.3 Å². The molecule has 1 saturated heterocycles. The topological polar surface area (TPSA) is 48.4 Å². The van der Waals surface area contributed by atoms with Crippen LogP contribution in [0.15, 0.2) is 42.1 Å². The minimum absolute atomic E-state index is 0.00373. The maximum Gasteiger partial charge on any atom is 0.326 e. The lowest BCUT2D eigenvalue weighted by molar-refractivity contribution is 0.170. The molecule has 24 heavy (non-hydrogen) atoms. The first-order valence-electron chi connectivity index (χ1n) is 8.14. The summed E-state index contributed by atoms with van der Waals surface area (Å²) in [4.78, 5) is 16.6. The Kier molecular flexibility index (Phi) is 4.22. The molecule has 1 unspecified atom stereocenters. The summed E-state index contributed by atoms with van der Waals surface area (Å²) in [6.07, 6.45) is 5.27. The van der Waals surface area contributed by atoms with Crippen molar-refractivity contribution in [3.8, 4) is 5.75 Å². The third-order valence-electron chi connectivity index (χ3n) is 4.86. The van der Waals surface area contributed by atoms with Crippen LogP contribution in [0, 0.1) is 0 Å². The molecule has 128 valence electrons. The van der Waals surface area contributed by atoms with Crippen molar-refractivity contribution in [3.05, 3.63) is 42.6 Å². The molecule has 1 aliphatic carbocycles. The molecule has 0 radical (unpaired) electrons. The maximum atomic E-state index is 12.9. The van der Waals surface area contributed by atoms with E-state index in [1.165, 1.54) is 0 Å². The van der Waals surface area contributed by atoms with Gasteiger partial charge in [0, 0.05) is 13.2 Å². The lowest BCUT2D eigenvalue weighted by atomic mass is 10.0. The highest BCUT2D eigenvalue weighted by atomic mass is 16.5. The Morgan fingerprint density at radius 1 is 1.46 bits per heavy atom. The van der Waals surface area contributed by atoms with Crippen molar-refractivity contribution in [1.82, 2.24) is 14.8 Å². The van der Waals surface area contributed by atoms with Gasteiger partial charge in [0.05, 0.1) is 25.2 Å². The SMILES string of the molecule is C=CN(C)/N=C\N1CC2(CC2)N(C(C)c2cccc(OC)c2)C1=O. The first-order valence-corrected chi connectivity index (χ1v) is 8.14. The van der Waals surface area contributed by atoms with Crippen molar-refractivity contribution >= 4 is 12.4 Å². The third-order valence-corrected chi connectivity index (χ3v) is 4.86. The van der Waals surface area contributed by atoms with E-state index in [0.29, 0.717) is 6.54 Å². The number of benzene rings is 1. The lowest BCUT2D eigenvalue weighted by Gasteiger charge is -2.30. The lowest BCUT2D eigenvalue weighted by Crippen LogP contribution is -2.38. The Morgan fingerprint density at radius 3 is 2.83 bits per heavy atom. The van der Waals surface area contributed by atoms with Gasteiger partial charge in [0.2, 0.25) is 0 Å². The highest BCUT2D eigenvalue weighted by Crippen LogP contribution is 2.50. The van der Waals surface area contributed by atoms with Crippen LogP contribution in [0.2, 0.25) is 0 Å². The Bertz CT molecular complexity index is 669. The summed E-state index contributed by atoms with van der Waals surface area (Å²) >= 11 is 0. The molecule has 2 amide bonds. The van der Waals surface area contributed by atoms with Crippen LogP contribution in [0.4, 0.5) is 4.79 Å². The molecule has 1 heterocycles. The smallest absolute Gasteiger partial charge is 0.326 e. The normalized spacial score (nSPS) is 19.9. The number of amides is 2. The molecule has 6 nitrogen and oxygen atoms in total. The zero-order valence-corrected chi connectivity index (χ0v) is 14.5. The molecule has 0 aromatic heterocycles. The quantitative estimate of drug-likeness (QED) is 0.458. The first kappa shape index (κ1) is 16.4. The van der Waals surface area contributed by atoms with Gasteiger partial charge in [0.15, 0.2) is 0 Å². The molecular weight excluding hydrogens is 304 g/mol. The van der Waals surface area contributed by atoms with Gasteiger partial charge in [-0.2, -0.15) is 5.10 Å². The zero-order chi connectivity index (χ0) is 17.3. The van der Waals surface area contributed by atoms with Crippen LogP contribution in [-0.4, -0.2) is 53.4 Å². The average molecular weight is 328 g/mol. The van der Waals surface area contributed by atoms with Gasteiger partial charge in [-0.1, -0.05) is 18.7 Å². The van der Waals surface area contributed by atoms with Gasteiger partial charge in [-0.15, -0.1) is 0 Å². The fourth-order valence-electron chi connectivity index (χ4n) is 3.25. The zero-order valence-electron chi connectivity index (χ0n) is 14.5. The number of rotatable bonds is 6. The van der Waals surface area contributed by atoms with Crippen molar-refractivity contribution in [2.24, 2.45) is 5.10 Å². The van der Waals surface area contributed by atoms with Gasteiger partial charge in [0.1, 0.15) is 12.1 Å². The average Bonchev–Trinajstić information content (AvgIpc) is 3.31. The van der Waals surface area contributed by atoms with Crippen molar-refractivity contribution in [1.29, 1.82) is 0 Å². The van der Waals surface area contributed by atoms with E-state index >= 15 is 0 Å². The van der Waals surface area contributed by atoms with E-state index in [1.807, 2.05) is 29.2 Å². The van der Waals surface area contributed by atoms with Gasteiger partial charge in [-0.25, -0.2) is 4.79 Å². The molecule has 1 atom stereocenters. The number of urea groups is 1. The highest BCUT2D eigenvalue weighted by molar-refractivity contribution is 5.90. The van der Waals surface area contributed by atoms with Crippen LogP contribution in [-0.2, 0) is 0 Å². The van der Waals surface area contributed by atoms with Gasteiger partial charge in [-0.05, 0) is 37.5 Å². The molecule has 2 aliphatic rings. The summed E-state index contributed by atoms with van der Waals surface area (Å²) in [7, 11) is 3.44. The molecule has 6 heteroatoms. The molecule has 0 N–H and O–H groups in total. The number of carbonyl (C=O) groups is 1. The van der Waals surface area contributed by atoms with Crippen LogP contribution >= 0.6 is 0 Å². The van der Waals surface area contributed by atoms with E-state index in [4.69, 9.17) is 4.74 Å². The number of hydrazone groups is 1. The summed E-state index contributed by atoms with van der Waals surface area (Å²) < 4.78 is 5.31. The van der Waals surface area contributed by atoms with Gasteiger partial charge in [0.25, 0.3) is 0 Å². The van der Waals surface area contributed by atoms with Crippen LogP contribution < -0.4 is 4.74 Å². The predicted molar refractivity (Wildman–Crippen MR) is 93.8 cm³/mol. The molecule has 1 spiro atoms. The standard InChI is InChI=1S/C18H24N4O2/c1-5-20(3)19-13-21-12-18(9-10-18)22(17(21)23)14(2)15-7-6-8-16(11-15)24-4/h5-8,11,13-14H,1,9-10,12H2,2-4H3/b19-13-. The molecule has 1 aromatic rings. The Morgan fingerprint density at radius 2 is 2.21 bits per heavy atom.